The summed E-state index contributed by atoms with van der Waals surface area (Å²) in [6.07, 6.45) is 0.178. The first-order valence-corrected chi connectivity index (χ1v) is 8.69. The van der Waals surface area contributed by atoms with Gasteiger partial charge < -0.3 is 14.2 Å². The van der Waals surface area contributed by atoms with Crippen LogP contribution in [0.25, 0.3) is 0 Å². The van der Waals surface area contributed by atoms with Gasteiger partial charge >= 0.3 is 0 Å². The molecule has 0 aromatic heterocycles. The van der Waals surface area contributed by atoms with Crippen LogP contribution in [0.1, 0.15) is 12.5 Å². The molecule has 5 heteroatoms. The monoisotopic (exact) mass is 320 g/mol. The maximum absolute atomic E-state index is 5.90. The Morgan fingerprint density at radius 1 is 1.04 bits per heavy atom. The highest BCUT2D eigenvalue weighted by molar-refractivity contribution is 5.27. The van der Waals surface area contributed by atoms with Crippen LogP contribution in [0.4, 0.5) is 0 Å². The van der Waals surface area contributed by atoms with Crippen LogP contribution in [-0.4, -0.2) is 75.1 Å². The molecule has 2 heterocycles. The van der Waals surface area contributed by atoms with Crippen molar-refractivity contribution >= 4 is 0 Å². The van der Waals surface area contributed by atoms with E-state index in [-0.39, 0.29) is 6.10 Å². The third-order valence-electron chi connectivity index (χ3n) is 4.54. The molecule has 2 saturated heterocycles. The molecule has 1 aromatic rings. The van der Waals surface area contributed by atoms with Gasteiger partial charge in [0.1, 0.15) is 18.5 Å². The predicted octanol–water partition coefficient (Wildman–Crippen LogP) is 1.62. The highest BCUT2D eigenvalue weighted by Gasteiger charge is 2.19. The van der Waals surface area contributed by atoms with Gasteiger partial charge in [-0.2, -0.15) is 0 Å². The number of hydrogen-bond donors (Lipinski definition) is 0. The van der Waals surface area contributed by atoms with Crippen molar-refractivity contribution in [3.63, 3.8) is 0 Å². The number of morpholine rings is 2. The molecule has 0 bridgehead atoms. The maximum atomic E-state index is 5.90. The van der Waals surface area contributed by atoms with E-state index >= 15 is 0 Å². The highest BCUT2D eigenvalue weighted by Crippen LogP contribution is 2.15. The minimum absolute atomic E-state index is 0.178. The Kier molecular flexibility index (Phi) is 6.28. The molecule has 0 saturated carbocycles. The molecule has 3 rings (SSSR count). The van der Waals surface area contributed by atoms with Gasteiger partial charge in [-0.05, 0) is 24.2 Å². The number of hydrogen-bond acceptors (Lipinski definition) is 5. The van der Waals surface area contributed by atoms with E-state index in [1.165, 1.54) is 5.56 Å². The first-order chi connectivity index (χ1) is 11.3. The molecule has 0 N–H and O–H groups in total. The van der Waals surface area contributed by atoms with Crippen LogP contribution in [-0.2, 0) is 16.0 Å². The lowest BCUT2D eigenvalue weighted by molar-refractivity contribution is -0.0464. The predicted molar refractivity (Wildman–Crippen MR) is 89.9 cm³/mol. The zero-order chi connectivity index (χ0) is 15.9. The second kappa shape index (κ2) is 8.64. The van der Waals surface area contributed by atoms with Crippen LogP contribution in [0.3, 0.4) is 0 Å². The highest BCUT2D eigenvalue weighted by atomic mass is 16.5. The van der Waals surface area contributed by atoms with Crippen molar-refractivity contribution in [1.82, 2.24) is 9.80 Å². The molecule has 5 nitrogen and oxygen atoms in total. The molecule has 23 heavy (non-hydrogen) atoms. The zero-order valence-corrected chi connectivity index (χ0v) is 14.1. The van der Waals surface area contributed by atoms with E-state index in [1.807, 2.05) is 0 Å². The van der Waals surface area contributed by atoms with Gasteiger partial charge in [0, 0.05) is 32.7 Å². The molecule has 1 unspecified atom stereocenters. The minimum Gasteiger partial charge on any atom is -0.491 e. The van der Waals surface area contributed by atoms with Crippen LogP contribution in [0.2, 0.25) is 0 Å². The summed E-state index contributed by atoms with van der Waals surface area (Å²) in [6.45, 7) is 11.4. The Morgan fingerprint density at radius 3 is 2.52 bits per heavy atom. The van der Waals surface area contributed by atoms with E-state index in [9.17, 15) is 0 Å². The molecule has 128 valence electrons. The van der Waals surface area contributed by atoms with Gasteiger partial charge in [-0.1, -0.05) is 19.1 Å². The Labute approximate surface area is 139 Å². The summed E-state index contributed by atoms with van der Waals surface area (Å²) in [6, 6.07) is 8.45. The fourth-order valence-corrected chi connectivity index (χ4v) is 3.07. The van der Waals surface area contributed by atoms with E-state index < -0.39 is 0 Å². The standard InChI is InChI=1S/C18H28N2O3/c1-2-19-9-12-22-18(14-19)15-23-17-5-3-16(4-6-17)13-20-7-10-21-11-8-20/h3-6,18H,2,7-15H2,1H3. The minimum atomic E-state index is 0.178. The lowest BCUT2D eigenvalue weighted by Crippen LogP contribution is -2.44. The number of nitrogens with zero attached hydrogens (tertiary/aromatic N) is 2. The third-order valence-corrected chi connectivity index (χ3v) is 4.54. The van der Waals surface area contributed by atoms with Crippen molar-refractivity contribution in [2.24, 2.45) is 0 Å². The van der Waals surface area contributed by atoms with Gasteiger partial charge in [-0.15, -0.1) is 0 Å². The van der Waals surface area contributed by atoms with Crippen LogP contribution in [0, 0.1) is 0 Å². The Morgan fingerprint density at radius 2 is 1.78 bits per heavy atom. The Bertz CT molecular complexity index is 460. The van der Waals surface area contributed by atoms with Gasteiger partial charge in [0.2, 0.25) is 0 Å². The van der Waals surface area contributed by atoms with Crippen molar-refractivity contribution in [3.8, 4) is 5.75 Å². The molecule has 0 amide bonds. The van der Waals surface area contributed by atoms with Crippen molar-refractivity contribution in [2.45, 2.75) is 19.6 Å². The second-order valence-corrected chi connectivity index (χ2v) is 6.23. The molecule has 2 fully saturated rings. The molecule has 1 aromatic carbocycles. The summed E-state index contributed by atoms with van der Waals surface area (Å²) in [5.41, 5.74) is 1.32. The molecule has 0 radical (unpaired) electrons. The summed E-state index contributed by atoms with van der Waals surface area (Å²) in [5.74, 6) is 0.924. The molecular weight excluding hydrogens is 292 g/mol. The normalized spacial score (nSPS) is 23.8. The average Bonchev–Trinajstić information content (AvgIpc) is 2.62. The molecule has 1 atom stereocenters. The fraction of sp³-hybridized carbons (Fsp3) is 0.667. The first-order valence-electron chi connectivity index (χ1n) is 8.69. The van der Waals surface area contributed by atoms with E-state index in [0.29, 0.717) is 6.61 Å². The lowest BCUT2D eigenvalue weighted by Gasteiger charge is -2.31. The third kappa shape index (κ3) is 5.18. The number of likely N-dealkylation sites (N-methyl/N-ethyl adjacent to an activating group) is 1. The van der Waals surface area contributed by atoms with Crippen molar-refractivity contribution in [2.75, 3.05) is 59.2 Å². The Hall–Kier alpha value is -1.14. The first kappa shape index (κ1) is 16.7. The summed E-state index contributed by atoms with van der Waals surface area (Å²) in [4.78, 5) is 4.83. The van der Waals surface area contributed by atoms with Crippen LogP contribution in [0.5, 0.6) is 5.75 Å². The second-order valence-electron chi connectivity index (χ2n) is 6.23. The summed E-state index contributed by atoms with van der Waals surface area (Å²) in [5, 5.41) is 0. The van der Waals surface area contributed by atoms with Gasteiger partial charge in [-0.25, -0.2) is 0 Å². The van der Waals surface area contributed by atoms with Gasteiger partial charge in [-0.3, -0.25) is 9.80 Å². The van der Waals surface area contributed by atoms with Crippen LogP contribution >= 0.6 is 0 Å². The number of benzene rings is 1. The molecule has 0 aliphatic carbocycles. The van der Waals surface area contributed by atoms with Gasteiger partial charge in [0.25, 0.3) is 0 Å². The van der Waals surface area contributed by atoms with Crippen molar-refractivity contribution < 1.29 is 14.2 Å². The average molecular weight is 320 g/mol. The SMILES string of the molecule is CCN1CCOC(COc2ccc(CN3CCOCC3)cc2)C1. The van der Waals surface area contributed by atoms with E-state index in [1.54, 1.807) is 0 Å². The Balaban J connectivity index is 1.43. The maximum Gasteiger partial charge on any atom is 0.119 e. The number of rotatable bonds is 6. The largest absolute Gasteiger partial charge is 0.491 e. The van der Waals surface area contributed by atoms with Crippen LogP contribution < -0.4 is 4.74 Å². The van der Waals surface area contributed by atoms with Crippen molar-refractivity contribution in [1.29, 1.82) is 0 Å². The molecule has 2 aliphatic heterocycles. The summed E-state index contributed by atoms with van der Waals surface area (Å²) < 4.78 is 17.1. The van der Waals surface area contributed by atoms with E-state index in [4.69, 9.17) is 14.2 Å². The number of ether oxygens (including phenoxy) is 3. The van der Waals surface area contributed by atoms with Crippen molar-refractivity contribution in [3.05, 3.63) is 29.8 Å². The van der Waals surface area contributed by atoms with E-state index in [0.717, 1.165) is 64.8 Å². The van der Waals surface area contributed by atoms with E-state index in [2.05, 4.69) is 41.0 Å². The smallest absolute Gasteiger partial charge is 0.119 e. The summed E-state index contributed by atoms with van der Waals surface area (Å²) in [7, 11) is 0. The van der Waals surface area contributed by atoms with Gasteiger partial charge in [0.05, 0.1) is 19.8 Å². The molecule has 2 aliphatic rings. The van der Waals surface area contributed by atoms with Crippen LogP contribution in [0.15, 0.2) is 24.3 Å². The van der Waals surface area contributed by atoms with Gasteiger partial charge in [0.15, 0.2) is 0 Å². The summed E-state index contributed by atoms with van der Waals surface area (Å²) >= 11 is 0. The lowest BCUT2D eigenvalue weighted by atomic mass is 10.2. The molecular formula is C18H28N2O3. The quantitative estimate of drug-likeness (QED) is 0.796. The molecule has 0 spiro atoms. The topological polar surface area (TPSA) is 34.2 Å². The zero-order valence-electron chi connectivity index (χ0n) is 14.1. The fourth-order valence-electron chi connectivity index (χ4n) is 3.07.